The number of nitrogens with one attached hydrogen (secondary N) is 1. The average molecular weight is 373 g/mol. The van der Waals surface area contributed by atoms with Gasteiger partial charge in [-0.2, -0.15) is 0 Å². The fourth-order valence-electron chi connectivity index (χ4n) is 3.36. The maximum atomic E-state index is 13.0. The molecule has 138 valence electrons. The fourth-order valence-corrected chi connectivity index (χ4v) is 4.21. The van der Waals surface area contributed by atoms with Crippen molar-refractivity contribution < 1.29 is 13.2 Å². The van der Waals surface area contributed by atoms with Gasteiger partial charge in [0.15, 0.2) is 9.84 Å². The molecule has 0 saturated carbocycles. The summed E-state index contributed by atoms with van der Waals surface area (Å²) in [6, 6.07) is 10.0. The summed E-state index contributed by atoms with van der Waals surface area (Å²) in [7, 11) is -3.42. The van der Waals surface area contributed by atoms with Crippen LogP contribution in [0.3, 0.4) is 0 Å². The van der Waals surface area contributed by atoms with E-state index in [1.165, 1.54) is 6.07 Å². The van der Waals surface area contributed by atoms with E-state index in [0.29, 0.717) is 12.2 Å². The Kier molecular flexibility index (Phi) is 5.56. The van der Waals surface area contributed by atoms with Crippen LogP contribution in [0, 0.1) is 0 Å². The van der Waals surface area contributed by atoms with Crippen LogP contribution >= 0.6 is 0 Å². The van der Waals surface area contributed by atoms with Crippen molar-refractivity contribution in [1.82, 2.24) is 9.88 Å². The van der Waals surface area contributed by atoms with Crippen LogP contribution in [0.1, 0.15) is 37.3 Å². The van der Waals surface area contributed by atoms with E-state index in [0.717, 1.165) is 37.5 Å². The van der Waals surface area contributed by atoms with E-state index in [2.05, 4.69) is 10.3 Å². The predicted molar refractivity (Wildman–Crippen MR) is 101 cm³/mol. The van der Waals surface area contributed by atoms with Gasteiger partial charge >= 0.3 is 6.03 Å². The Bertz CT molecular complexity index is 869. The Hall–Kier alpha value is -2.41. The topological polar surface area (TPSA) is 79.4 Å². The highest BCUT2D eigenvalue weighted by molar-refractivity contribution is 7.90. The first-order valence-electron chi connectivity index (χ1n) is 8.73. The number of sulfone groups is 1. The maximum absolute atomic E-state index is 13.0. The third-order valence-electron chi connectivity index (χ3n) is 4.63. The molecule has 1 unspecified atom stereocenters. The van der Waals surface area contributed by atoms with Gasteiger partial charge in [0, 0.05) is 25.2 Å². The quantitative estimate of drug-likeness (QED) is 0.891. The summed E-state index contributed by atoms with van der Waals surface area (Å²) < 4.78 is 24.0. The van der Waals surface area contributed by atoms with Crippen molar-refractivity contribution in [1.29, 1.82) is 0 Å². The van der Waals surface area contributed by atoms with Crippen molar-refractivity contribution in [3.8, 4) is 0 Å². The van der Waals surface area contributed by atoms with Gasteiger partial charge in [0.05, 0.1) is 16.6 Å². The number of aromatic nitrogens is 1. The molecule has 1 aromatic heterocycles. The number of carbonyl (C=O) groups excluding carboxylic acids is 1. The van der Waals surface area contributed by atoms with Gasteiger partial charge in [0.2, 0.25) is 0 Å². The number of carbonyl (C=O) groups is 1. The van der Waals surface area contributed by atoms with Crippen LogP contribution < -0.4 is 5.32 Å². The zero-order valence-electron chi connectivity index (χ0n) is 14.8. The van der Waals surface area contributed by atoms with Gasteiger partial charge < -0.3 is 10.2 Å². The standard InChI is InChI=1S/C19H23N3O3S/c1-26(24,25)18-9-5-4-7-16(18)21-19(23)22-14-6-2-3-8-17(22)15-10-12-20-13-11-15/h4-5,7,9-13,17H,2-3,6,8,14H2,1H3,(H,21,23). The van der Waals surface area contributed by atoms with E-state index in [-0.39, 0.29) is 17.0 Å². The summed E-state index contributed by atoms with van der Waals surface area (Å²) in [6.45, 7) is 0.639. The second-order valence-electron chi connectivity index (χ2n) is 6.54. The van der Waals surface area contributed by atoms with Crippen molar-refractivity contribution in [3.05, 3.63) is 54.4 Å². The zero-order valence-corrected chi connectivity index (χ0v) is 15.6. The fraction of sp³-hybridized carbons (Fsp3) is 0.368. The van der Waals surface area contributed by atoms with Crippen molar-refractivity contribution in [2.45, 2.75) is 36.6 Å². The molecule has 3 rings (SSSR count). The lowest BCUT2D eigenvalue weighted by molar-refractivity contribution is 0.189. The maximum Gasteiger partial charge on any atom is 0.322 e. The first-order chi connectivity index (χ1) is 12.5. The van der Waals surface area contributed by atoms with Crippen LogP contribution in [-0.4, -0.2) is 37.1 Å². The van der Waals surface area contributed by atoms with Gasteiger partial charge in [-0.1, -0.05) is 25.0 Å². The summed E-state index contributed by atoms with van der Waals surface area (Å²) in [5, 5.41) is 2.81. The molecular formula is C19H23N3O3S. The molecule has 2 heterocycles. The Labute approximate surface area is 154 Å². The molecule has 1 aliphatic rings. The largest absolute Gasteiger partial charge is 0.322 e. The van der Waals surface area contributed by atoms with Gasteiger partial charge in [-0.15, -0.1) is 0 Å². The molecule has 2 aromatic rings. The summed E-state index contributed by atoms with van der Waals surface area (Å²) in [5.74, 6) is 0. The molecule has 0 spiro atoms. The summed E-state index contributed by atoms with van der Waals surface area (Å²) in [4.78, 5) is 19.0. The summed E-state index contributed by atoms with van der Waals surface area (Å²) in [6.07, 6.45) is 8.55. The third-order valence-corrected chi connectivity index (χ3v) is 5.79. The smallest absolute Gasteiger partial charge is 0.317 e. The molecular weight excluding hydrogens is 350 g/mol. The number of para-hydroxylation sites is 1. The Balaban J connectivity index is 1.88. The Morgan fingerprint density at radius 2 is 1.85 bits per heavy atom. The molecule has 1 atom stereocenters. The highest BCUT2D eigenvalue weighted by Crippen LogP contribution is 2.31. The normalized spacial score (nSPS) is 18.2. The number of hydrogen-bond donors (Lipinski definition) is 1. The lowest BCUT2D eigenvalue weighted by atomic mass is 10.0. The second kappa shape index (κ2) is 7.86. The van der Waals surface area contributed by atoms with Crippen molar-refractivity contribution in [2.75, 3.05) is 18.1 Å². The van der Waals surface area contributed by atoms with Crippen LogP contribution in [0.2, 0.25) is 0 Å². The minimum atomic E-state index is -3.42. The minimum absolute atomic E-state index is 0.0362. The predicted octanol–water partition coefficient (Wildman–Crippen LogP) is 3.63. The van der Waals surface area contributed by atoms with E-state index < -0.39 is 9.84 Å². The zero-order chi connectivity index (χ0) is 18.6. The molecule has 7 heteroatoms. The second-order valence-corrected chi connectivity index (χ2v) is 8.52. The molecule has 1 aromatic carbocycles. The van der Waals surface area contributed by atoms with Crippen LogP contribution in [0.25, 0.3) is 0 Å². The first kappa shape index (κ1) is 18.4. The number of urea groups is 1. The van der Waals surface area contributed by atoms with Crippen molar-refractivity contribution in [3.63, 3.8) is 0 Å². The van der Waals surface area contributed by atoms with E-state index >= 15 is 0 Å². The van der Waals surface area contributed by atoms with E-state index in [1.54, 1.807) is 35.5 Å². The molecule has 1 N–H and O–H groups in total. The van der Waals surface area contributed by atoms with Gasteiger partial charge in [-0.3, -0.25) is 4.98 Å². The molecule has 1 aliphatic heterocycles. The van der Waals surface area contributed by atoms with Crippen molar-refractivity contribution in [2.24, 2.45) is 0 Å². The number of likely N-dealkylation sites (tertiary alicyclic amines) is 1. The molecule has 0 aliphatic carbocycles. The molecule has 1 saturated heterocycles. The SMILES string of the molecule is CS(=O)(=O)c1ccccc1NC(=O)N1CCCCCC1c1ccncc1. The van der Waals surface area contributed by atoms with Crippen LogP contribution in [-0.2, 0) is 9.84 Å². The number of pyridine rings is 1. The van der Waals surface area contributed by atoms with Crippen LogP contribution in [0.4, 0.5) is 10.5 Å². The number of anilines is 1. The van der Waals surface area contributed by atoms with Gasteiger partial charge in [-0.25, -0.2) is 13.2 Å². The van der Waals surface area contributed by atoms with E-state index in [9.17, 15) is 13.2 Å². The van der Waals surface area contributed by atoms with E-state index in [1.807, 2.05) is 12.1 Å². The number of hydrogen-bond acceptors (Lipinski definition) is 4. The molecule has 0 radical (unpaired) electrons. The van der Waals surface area contributed by atoms with Gasteiger partial charge in [0.1, 0.15) is 0 Å². The van der Waals surface area contributed by atoms with Crippen molar-refractivity contribution >= 4 is 21.6 Å². The number of benzene rings is 1. The van der Waals surface area contributed by atoms with Gasteiger partial charge in [0.25, 0.3) is 0 Å². The third kappa shape index (κ3) is 4.22. The molecule has 26 heavy (non-hydrogen) atoms. The number of rotatable bonds is 3. The minimum Gasteiger partial charge on any atom is -0.317 e. The lowest BCUT2D eigenvalue weighted by Gasteiger charge is -2.30. The van der Waals surface area contributed by atoms with Crippen LogP contribution in [0.15, 0.2) is 53.7 Å². The molecule has 6 nitrogen and oxygen atoms in total. The van der Waals surface area contributed by atoms with Gasteiger partial charge in [-0.05, 0) is 42.7 Å². The summed E-state index contributed by atoms with van der Waals surface area (Å²) in [5.41, 5.74) is 1.37. The monoisotopic (exact) mass is 373 g/mol. The van der Waals surface area contributed by atoms with E-state index in [4.69, 9.17) is 0 Å². The molecule has 2 amide bonds. The first-order valence-corrected chi connectivity index (χ1v) is 10.6. The average Bonchev–Trinajstić information content (AvgIpc) is 2.88. The molecule has 1 fully saturated rings. The molecule has 0 bridgehead atoms. The highest BCUT2D eigenvalue weighted by Gasteiger charge is 2.27. The Morgan fingerprint density at radius 1 is 1.12 bits per heavy atom. The highest BCUT2D eigenvalue weighted by atomic mass is 32.2. The van der Waals surface area contributed by atoms with Crippen LogP contribution in [0.5, 0.6) is 0 Å². The number of nitrogens with zero attached hydrogens (tertiary/aromatic N) is 2. The summed E-state index contributed by atoms with van der Waals surface area (Å²) >= 11 is 0. The Morgan fingerprint density at radius 3 is 2.58 bits per heavy atom. The number of amides is 2. The lowest BCUT2D eigenvalue weighted by Crippen LogP contribution is -2.38.